The Kier molecular flexibility index (Phi) is 4.54. The maximum Gasteiger partial charge on any atom is 0.129 e. The van der Waals surface area contributed by atoms with Gasteiger partial charge in [-0.1, -0.05) is 22.0 Å². The monoisotopic (exact) mass is 301 g/mol. The average Bonchev–Trinajstić information content (AvgIpc) is 2.78. The van der Waals surface area contributed by atoms with E-state index in [1.54, 1.807) is 0 Å². The van der Waals surface area contributed by atoms with Crippen LogP contribution in [0.1, 0.15) is 24.9 Å². The predicted molar refractivity (Wildman–Crippen MR) is 69.4 cm³/mol. The van der Waals surface area contributed by atoms with Crippen LogP contribution in [0, 0.1) is 11.7 Å². The lowest BCUT2D eigenvalue weighted by atomic mass is 10.1. The largest absolute Gasteiger partial charge is 0.381 e. The average molecular weight is 302 g/mol. The summed E-state index contributed by atoms with van der Waals surface area (Å²) in [6.45, 7) is 4.55. The molecule has 0 aromatic heterocycles. The molecular formula is C13H17BrFNO. The number of hydrogen-bond donors (Lipinski definition) is 1. The second-order valence-corrected chi connectivity index (χ2v) is 5.44. The topological polar surface area (TPSA) is 21.3 Å². The lowest BCUT2D eigenvalue weighted by Crippen LogP contribution is -2.26. The van der Waals surface area contributed by atoms with E-state index < -0.39 is 0 Å². The molecule has 1 aliphatic rings. The molecule has 2 unspecified atom stereocenters. The molecule has 1 saturated heterocycles. The van der Waals surface area contributed by atoms with Crippen molar-refractivity contribution >= 4 is 15.9 Å². The van der Waals surface area contributed by atoms with Gasteiger partial charge >= 0.3 is 0 Å². The second-order valence-electron chi connectivity index (χ2n) is 4.53. The van der Waals surface area contributed by atoms with Gasteiger partial charge in [0.25, 0.3) is 0 Å². The van der Waals surface area contributed by atoms with Crippen molar-refractivity contribution in [2.45, 2.75) is 19.4 Å². The quantitative estimate of drug-likeness (QED) is 0.921. The van der Waals surface area contributed by atoms with E-state index in [9.17, 15) is 4.39 Å². The molecule has 1 aromatic carbocycles. The third-order valence-electron chi connectivity index (χ3n) is 3.17. The van der Waals surface area contributed by atoms with E-state index >= 15 is 0 Å². The predicted octanol–water partition coefficient (Wildman–Crippen LogP) is 3.28. The van der Waals surface area contributed by atoms with Crippen molar-refractivity contribution < 1.29 is 9.13 Å². The minimum absolute atomic E-state index is 0.0312. The molecule has 1 heterocycles. The lowest BCUT2D eigenvalue weighted by Gasteiger charge is -2.17. The fourth-order valence-electron chi connectivity index (χ4n) is 2.05. The summed E-state index contributed by atoms with van der Waals surface area (Å²) < 4.78 is 19.8. The van der Waals surface area contributed by atoms with Crippen LogP contribution in [-0.4, -0.2) is 19.8 Å². The Morgan fingerprint density at radius 1 is 1.59 bits per heavy atom. The highest BCUT2D eigenvalue weighted by Crippen LogP contribution is 2.21. The number of ether oxygens (including phenoxy) is 1. The van der Waals surface area contributed by atoms with Gasteiger partial charge in [-0.2, -0.15) is 0 Å². The molecule has 0 radical (unpaired) electrons. The zero-order chi connectivity index (χ0) is 12.3. The van der Waals surface area contributed by atoms with Crippen LogP contribution in [0.5, 0.6) is 0 Å². The van der Waals surface area contributed by atoms with Crippen molar-refractivity contribution in [3.8, 4) is 0 Å². The van der Waals surface area contributed by atoms with Crippen LogP contribution in [-0.2, 0) is 4.74 Å². The van der Waals surface area contributed by atoms with E-state index in [0.29, 0.717) is 11.5 Å². The Labute approximate surface area is 110 Å². The lowest BCUT2D eigenvalue weighted by molar-refractivity contribution is 0.184. The highest BCUT2D eigenvalue weighted by Gasteiger charge is 2.17. The molecule has 2 atom stereocenters. The van der Waals surface area contributed by atoms with Crippen LogP contribution < -0.4 is 5.32 Å². The third-order valence-corrected chi connectivity index (χ3v) is 3.66. The molecule has 0 amide bonds. The standard InChI is InChI=1S/C13H17BrFNO/c1-9(16-7-10-4-5-17-8-10)12-3-2-11(14)6-13(12)15/h2-3,6,9-10,16H,4-5,7-8H2,1H3. The summed E-state index contributed by atoms with van der Waals surface area (Å²) in [6.07, 6.45) is 1.10. The van der Waals surface area contributed by atoms with Gasteiger partial charge in [0.15, 0.2) is 0 Å². The molecule has 1 N–H and O–H groups in total. The molecule has 1 fully saturated rings. The minimum atomic E-state index is -0.165. The zero-order valence-electron chi connectivity index (χ0n) is 9.88. The number of halogens is 2. The maximum atomic E-state index is 13.7. The first-order valence-electron chi connectivity index (χ1n) is 5.93. The van der Waals surface area contributed by atoms with Gasteiger partial charge in [0.2, 0.25) is 0 Å². The van der Waals surface area contributed by atoms with Crippen molar-refractivity contribution in [2.75, 3.05) is 19.8 Å². The summed E-state index contributed by atoms with van der Waals surface area (Å²) in [6, 6.07) is 5.23. The Bertz CT molecular complexity index is 380. The highest BCUT2D eigenvalue weighted by atomic mass is 79.9. The van der Waals surface area contributed by atoms with Crippen LogP contribution in [0.3, 0.4) is 0 Å². The zero-order valence-corrected chi connectivity index (χ0v) is 11.5. The van der Waals surface area contributed by atoms with Crippen molar-refractivity contribution in [3.63, 3.8) is 0 Å². The molecule has 0 saturated carbocycles. The molecule has 94 valence electrons. The van der Waals surface area contributed by atoms with Gasteiger partial charge in [0, 0.05) is 29.2 Å². The van der Waals surface area contributed by atoms with E-state index in [0.717, 1.165) is 30.7 Å². The van der Waals surface area contributed by atoms with Crippen LogP contribution in [0.2, 0.25) is 0 Å². The van der Waals surface area contributed by atoms with Crippen LogP contribution in [0.25, 0.3) is 0 Å². The summed E-state index contributed by atoms with van der Waals surface area (Å²) in [5.41, 5.74) is 0.715. The SMILES string of the molecule is CC(NCC1CCOC1)c1ccc(Br)cc1F. The minimum Gasteiger partial charge on any atom is -0.381 e. The normalized spacial score (nSPS) is 21.7. The Hall–Kier alpha value is -0.450. The summed E-state index contributed by atoms with van der Waals surface area (Å²) >= 11 is 3.26. The molecule has 0 aliphatic carbocycles. The van der Waals surface area contributed by atoms with Crippen LogP contribution >= 0.6 is 15.9 Å². The van der Waals surface area contributed by atoms with Crippen LogP contribution in [0.15, 0.2) is 22.7 Å². The van der Waals surface area contributed by atoms with Gasteiger partial charge in [-0.05, 0) is 31.4 Å². The molecule has 2 rings (SSSR count). The highest BCUT2D eigenvalue weighted by molar-refractivity contribution is 9.10. The summed E-state index contributed by atoms with van der Waals surface area (Å²) in [5.74, 6) is 0.401. The van der Waals surface area contributed by atoms with Crippen LogP contribution in [0.4, 0.5) is 4.39 Å². The molecule has 1 aromatic rings. The van der Waals surface area contributed by atoms with E-state index in [1.165, 1.54) is 6.07 Å². The second kappa shape index (κ2) is 5.94. The molecule has 4 heteroatoms. The van der Waals surface area contributed by atoms with Gasteiger partial charge in [0.1, 0.15) is 5.82 Å². The number of nitrogens with one attached hydrogen (secondary N) is 1. The van der Waals surface area contributed by atoms with Crippen molar-refractivity contribution in [2.24, 2.45) is 5.92 Å². The van der Waals surface area contributed by atoms with Gasteiger partial charge in [-0.15, -0.1) is 0 Å². The number of rotatable bonds is 4. The molecule has 0 spiro atoms. The van der Waals surface area contributed by atoms with E-state index in [2.05, 4.69) is 21.2 Å². The van der Waals surface area contributed by atoms with E-state index in [1.807, 2.05) is 19.1 Å². The van der Waals surface area contributed by atoms with Gasteiger partial charge in [-0.25, -0.2) is 4.39 Å². The number of benzene rings is 1. The van der Waals surface area contributed by atoms with Gasteiger partial charge in [0.05, 0.1) is 6.61 Å². The molecule has 1 aliphatic heterocycles. The summed E-state index contributed by atoms with van der Waals surface area (Å²) in [5, 5.41) is 3.37. The van der Waals surface area contributed by atoms with Gasteiger partial charge in [-0.3, -0.25) is 0 Å². The Morgan fingerprint density at radius 2 is 2.41 bits per heavy atom. The van der Waals surface area contributed by atoms with E-state index in [-0.39, 0.29) is 11.9 Å². The van der Waals surface area contributed by atoms with Crippen molar-refractivity contribution in [1.82, 2.24) is 5.32 Å². The molecular weight excluding hydrogens is 285 g/mol. The maximum absolute atomic E-state index is 13.7. The fourth-order valence-corrected chi connectivity index (χ4v) is 2.38. The van der Waals surface area contributed by atoms with Crippen molar-refractivity contribution in [3.05, 3.63) is 34.1 Å². The first kappa shape index (κ1) is 13.0. The van der Waals surface area contributed by atoms with Crippen molar-refractivity contribution in [1.29, 1.82) is 0 Å². The first-order valence-corrected chi connectivity index (χ1v) is 6.72. The first-order chi connectivity index (χ1) is 8.16. The summed E-state index contributed by atoms with van der Waals surface area (Å²) in [7, 11) is 0. The van der Waals surface area contributed by atoms with E-state index in [4.69, 9.17) is 4.74 Å². The molecule has 2 nitrogen and oxygen atoms in total. The number of hydrogen-bond acceptors (Lipinski definition) is 2. The third kappa shape index (κ3) is 3.50. The Morgan fingerprint density at radius 3 is 3.06 bits per heavy atom. The Balaban J connectivity index is 1.91. The smallest absolute Gasteiger partial charge is 0.129 e. The van der Waals surface area contributed by atoms with Gasteiger partial charge < -0.3 is 10.1 Å². The molecule has 17 heavy (non-hydrogen) atoms. The molecule has 0 bridgehead atoms. The fraction of sp³-hybridized carbons (Fsp3) is 0.538. The summed E-state index contributed by atoms with van der Waals surface area (Å²) in [4.78, 5) is 0.